The van der Waals surface area contributed by atoms with E-state index < -0.39 is 0 Å². The van der Waals surface area contributed by atoms with Crippen molar-refractivity contribution in [2.24, 2.45) is 5.41 Å². The van der Waals surface area contributed by atoms with E-state index >= 15 is 0 Å². The molecule has 0 unspecified atom stereocenters. The topological polar surface area (TPSA) is 35.8 Å². The fourth-order valence-electron chi connectivity index (χ4n) is 1.23. The Hall–Kier alpha value is -0.560. The molecule has 0 fully saturated rings. The maximum atomic E-state index is 8.87. The summed E-state index contributed by atoms with van der Waals surface area (Å²) in [4.78, 5) is 0. The normalized spacial score (nSPS) is 11.2. The number of hydrogen-bond acceptors (Lipinski definition) is 2. The summed E-state index contributed by atoms with van der Waals surface area (Å²) in [7, 11) is 0. The lowest BCUT2D eigenvalue weighted by atomic mass is 9.96. The molecule has 2 nitrogen and oxygen atoms in total. The minimum Gasteiger partial charge on any atom is -0.311 e. The molecule has 4 heteroatoms. The molecule has 1 rings (SSSR count). The Kier molecular flexibility index (Phi) is 4.79. The lowest BCUT2D eigenvalue weighted by Crippen LogP contribution is -2.27. The molecule has 0 aliphatic rings. The quantitative estimate of drug-likeness (QED) is 0.919. The zero-order valence-electron chi connectivity index (χ0n) is 9.35. The van der Waals surface area contributed by atoms with Gasteiger partial charge < -0.3 is 5.32 Å². The average molecular weight is 302 g/mol. The first-order valence-corrected chi connectivity index (χ1v) is 6.17. The Bertz CT molecular complexity index is 410. The first-order valence-electron chi connectivity index (χ1n) is 5.00. The fourth-order valence-corrected chi connectivity index (χ4v) is 1.81. The van der Waals surface area contributed by atoms with E-state index in [2.05, 4.69) is 27.3 Å². The number of nitriles is 1. The summed E-state index contributed by atoms with van der Waals surface area (Å²) >= 11 is 9.38. The summed E-state index contributed by atoms with van der Waals surface area (Å²) < 4.78 is 1.03. The first-order chi connectivity index (χ1) is 7.44. The smallest absolute Gasteiger partial charge is 0.0697 e. The summed E-state index contributed by atoms with van der Waals surface area (Å²) in [5, 5.41) is 12.8. The van der Waals surface area contributed by atoms with E-state index in [1.165, 1.54) is 0 Å². The number of benzene rings is 1. The van der Waals surface area contributed by atoms with Gasteiger partial charge in [0, 0.05) is 22.6 Å². The second-order valence-corrected chi connectivity index (χ2v) is 5.63. The van der Waals surface area contributed by atoms with Crippen molar-refractivity contribution < 1.29 is 0 Å². The summed E-state index contributed by atoms with van der Waals surface area (Å²) in [6.07, 6.45) is 0. The third-order valence-corrected chi connectivity index (χ3v) is 3.20. The number of nitrogens with zero attached hydrogens (tertiary/aromatic N) is 1. The molecule has 0 heterocycles. The highest BCUT2D eigenvalue weighted by atomic mass is 79.9. The Morgan fingerprint density at radius 3 is 2.81 bits per heavy atom. The van der Waals surface area contributed by atoms with Gasteiger partial charge in [0.05, 0.1) is 11.5 Å². The molecule has 0 radical (unpaired) electrons. The third kappa shape index (κ3) is 4.13. The summed E-state index contributed by atoms with van der Waals surface area (Å²) in [5.74, 6) is 0. The van der Waals surface area contributed by atoms with Crippen LogP contribution in [0, 0.1) is 16.7 Å². The van der Waals surface area contributed by atoms with Gasteiger partial charge in [-0.25, -0.2) is 0 Å². The van der Waals surface area contributed by atoms with Crippen molar-refractivity contribution in [2.45, 2.75) is 20.4 Å². The van der Waals surface area contributed by atoms with Crippen LogP contribution in [0.15, 0.2) is 22.7 Å². The van der Waals surface area contributed by atoms with Gasteiger partial charge in [-0.2, -0.15) is 5.26 Å². The van der Waals surface area contributed by atoms with Crippen molar-refractivity contribution in [3.05, 3.63) is 33.3 Å². The Morgan fingerprint density at radius 1 is 1.50 bits per heavy atom. The number of rotatable bonds is 4. The van der Waals surface area contributed by atoms with Crippen molar-refractivity contribution >= 4 is 27.5 Å². The first kappa shape index (κ1) is 13.5. The molecule has 86 valence electrons. The van der Waals surface area contributed by atoms with E-state index in [1.807, 2.05) is 32.0 Å². The van der Waals surface area contributed by atoms with Crippen LogP contribution >= 0.6 is 27.5 Å². The Labute approximate surface area is 110 Å². The maximum Gasteiger partial charge on any atom is 0.0697 e. The largest absolute Gasteiger partial charge is 0.311 e. The molecular weight excluding hydrogens is 288 g/mol. The van der Waals surface area contributed by atoms with Gasteiger partial charge in [-0.15, -0.1) is 0 Å². The maximum absolute atomic E-state index is 8.87. The zero-order valence-corrected chi connectivity index (χ0v) is 11.7. The van der Waals surface area contributed by atoms with E-state index in [1.54, 1.807) is 0 Å². The van der Waals surface area contributed by atoms with Crippen molar-refractivity contribution in [3.63, 3.8) is 0 Å². The summed E-state index contributed by atoms with van der Waals surface area (Å²) in [5.41, 5.74) is 0.756. The second-order valence-electron chi connectivity index (χ2n) is 4.33. The van der Waals surface area contributed by atoms with Crippen LogP contribution in [0.1, 0.15) is 19.4 Å². The van der Waals surface area contributed by atoms with Gasteiger partial charge in [0.25, 0.3) is 0 Å². The minimum atomic E-state index is -0.342. The van der Waals surface area contributed by atoms with Crippen molar-refractivity contribution in [3.8, 4) is 6.07 Å². The molecule has 0 amide bonds. The number of halogens is 2. The van der Waals surface area contributed by atoms with Gasteiger partial charge in [-0.05, 0) is 37.6 Å². The number of hydrogen-bond donors (Lipinski definition) is 1. The number of nitrogens with one attached hydrogen (secondary N) is 1. The Balaban J connectivity index is 2.56. The molecule has 0 spiro atoms. The van der Waals surface area contributed by atoms with Crippen LogP contribution < -0.4 is 5.32 Å². The highest BCUT2D eigenvalue weighted by molar-refractivity contribution is 9.10. The lowest BCUT2D eigenvalue weighted by molar-refractivity contribution is 0.445. The second kappa shape index (κ2) is 5.67. The lowest BCUT2D eigenvalue weighted by Gasteiger charge is -2.16. The van der Waals surface area contributed by atoms with Crippen molar-refractivity contribution in [1.82, 2.24) is 5.32 Å². The minimum absolute atomic E-state index is 0.342. The van der Waals surface area contributed by atoms with Crippen molar-refractivity contribution in [1.29, 1.82) is 5.26 Å². The van der Waals surface area contributed by atoms with Gasteiger partial charge in [-0.1, -0.05) is 27.5 Å². The standard InChI is InChI=1S/C12H14BrClN2/c1-12(2,7-15)8-16-6-9-5-10(14)3-4-11(9)13/h3-5,16H,6,8H2,1-2H3. The van der Waals surface area contributed by atoms with Crippen molar-refractivity contribution in [2.75, 3.05) is 6.54 Å². The molecule has 1 aromatic rings. The zero-order chi connectivity index (χ0) is 12.2. The van der Waals surface area contributed by atoms with Crippen LogP contribution in [-0.2, 0) is 6.54 Å². The van der Waals surface area contributed by atoms with E-state index in [4.69, 9.17) is 16.9 Å². The van der Waals surface area contributed by atoms with Crippen LogP contribution in [-0.4, -0.2) is 6.54 Å². The molecule has 0 aromatic heterocycles. The monoisotopic (exact) mass is 300 g/mol. The van der Waals surface area contributed by atoms with Gasteiger partial charge >= 0.3 is 0 Å². The molecule has 0 aliphatic heterocycles. The van der Waals surface area contributed by atoms with E-state index in [0.29, 0.717) is 13.1 Å². The fraction of sp³-hybridized carbons (Fsp3) is 0.417. The summed E-state index contributed by atoms with van der Waals surface area (Å²) in [6, 6.07) is 7.93. The summed E-state index contributed by atoms with van der Waals surface area (Å²) in [6.45, 7) is 5.18. The molecule has 0 aliphatic carbocycles. The molecule has 1 aromatic carbocycles. The van der Waals surface area contributed by atoms with Crippen LogP contribution in [0.4, 0.5) is 0 Å². The predicted molar refractivity (Wildman–Crippen MR) is 70.3 cm³/mol. The van der Waals surface area contributed by atoms with Crippen LogP contribution in [0.5, 0.6) is 0 Å². The van der Waals surface area contributed by atoms with Gasteiger partial charge in [-0.3, -0.25) is 0 Å². The van der Waals surface area contributed by atoms with E-state index in [-0.39, 0.29) is 5.41 Å². The average Bonchev–Trinajstić information content (AvgIpc) is 2.23. The predicted octanol–water partition coefficient (Wildman–Crippen LogP) is 3.74. The molecule has 0 saturated carbocycles. The van der Waals surface area contributed by atoms with E-state index in [0.717, 1.165) is 15.1 Å². The molecular formula is C12H14BrClN2. The molecule has 0 bridgehead atoms. The van der Waals surface area contributed by atoms with Gasteiger partial charge in [0.15, 0.2) is 0 Å². The molecule has 0 saturated heterocycles. The van der Waals surface area contributed by atoms with E-state index in [9.17, 15) is 0 Å². The van der Waals surface area contributed by atoms with Crippen LogP contribution in [0.3, 0.4) is 0 Å². The highest BCUT2D eigenvalue weighted by Gasteiger charge is 2.15. The molecule has 16 heavy (non-hydrogen) atoms. The third-order valence-electron chi connectivity index (χ3n) is 2.19. The molecule has 1 N–H and O–H groups in total. The highest BCUT2D eigenvalue weighted by Crippen LogP contribution is 2.21. The van der Waals surface area contributed by atoms with Gasteiger partial charge in [0.2, 0.25) is 0 Å². The van der Waals surface area contributed by atoms with Crippen LogP contribution in [0.2, 0.25) is 5.02 Å². The SMILES string of the molecule is CC(C)(C#N)CNCc1cc(Cl)ccc1Br. The van der Waals surface area contributed by atoms with Crippen LogP contribution in [0.25, 0.3) is 0 Å². The molecule has 0 atom stereocenters. The Morgan fingerprint density at radius 2 is 2.19 bits per heavy atom. The van der Waals surface area contributed by atoms with Gasteiger partial charge in [0.1, 0.15) is 0 Å².